The maximum absolute atomic E-state index is 5.97. The lowest BCUT2D eigenvalue weighted by Crippen LogP contribution is -1.99. The largest absolute Gasteiger partial charge is 0.487 e. The molecule has 0 radical (unpaired) electrons. The summed E-state index contributed by atoms with van der Waals surface area (Å²) in [6.07, 6.45) is 6.56. The average molecular weight is 445 g/mol. The summed E-state index contributed by atoms with van der Waals surface area (Å²) >= 11 is 1.69. The molecule has 3 heterocycles. The first-order chi connectivity index (χ1) is 15.7. The van der Waals surface area contributed by atoms with Crippen molar-refractivity contribution in [3.8, 4) is 16.5 Å². The third-order valence-electron chi connectivity index (χ3n) is 5.40. The maximum Gasteiger partial charge on any atom is 0.236 e. The maximum atomic E-state index is 5.97. The average Bonchev–Trinajstić information content (AvgIpc) is 3.56. The molecule has 0 aliphatic rings. The Morgan fingerprint density at radius 1 is 1.06 bits per heavy atom. The molecule has 0 saturated carbocycles. The van der Waals surface area contributed by atoms with Gasteiger partial charge in [-0.2, -0.15) is 5.10 Å². The van der Waals surface area contributed by atoms with E-state index in [9.17, 15) is 0 Å². The summed E-state index contributed by atoms with van der Waals surface area (Å²) in [5.41, 5.74) is 2.13. The zero-order valence-electron chi connectivity index (χ0n) is 17.9. The Labute approximate surface area is 190 Å². The number of oxazole rings is 1. The van der Waals surface area contributed by atoms with E-state index in [0.717, 1.165) is 47.9 Å². The lowest BCUT2D eigenvalue weighted by Gasteiger charge is -2.06. The molecule has 0 fully saturated rings. The Kier molecular flexibility index (Phi) is 5.98. The van der Waals surface area contributed by atoms with Crippen molar-refractivity contribution in [3.63, 3.8) is 0 Å². The van der Waals surface area contributed by atoms with Crippen LogP contribution < -0.4 is 4.74 Å². The fraction of sp³-hybridized carbons (Fsp3) is 0.240. The van der Waals surface area contributed by atoms with Crippen LogP contribution in [0, 0.1) is 6.92 Å². The van der Waals surface area contributed by atoms with Crippen molar-refractivity contribution in [2.24, 2.45) is 0 Å². The van der Waals surface area contributed by atoms with Gasteiger partial charge < -0.3 is 9.15 Å². The van der Waals surface area contributed by atoms with E-state index in [-0.39, 0.29) is 0 Å². The van der Waals surface area contributed by atoms with Crippen LogP contribution >= 0.6 is 11.3 Å². The van der Waals surface area contributed by atoms with Crippen LogP contribution in [0.25, 0.3) is 20.9 Å². The second kappa shape index (κ2) is 9.36. The molecule has 3 aromatic heterocycles. The lowest BCUT2D eigenvalue weighted by atomic mass is 10.1. The number of unbranched alkanes of at least 4 members (excludes halogenated alkanes) is 1. The molecule has 0 atom stereocenters. The zero-order chi connectivity index (χ0) is 21.8. The minimum Gasteiger partial charge on any atom is -0.487 e. The highest BCUT2D eigenvalue weighted by Gasteiger charge is 2.14. The van der Waals surface area contributed by atoms with E-state index in [0.29, 0.717) is 12.5 Å². The number of aryl methyl sites for hydroxylation is 3. The van der Waals surface area contributed by atoms with Crippen LogP contribution in [0.15, 0.2) is 71.7 Å². The fourth-order valence-electron chi connectivity index (χ4n) is 3.61. The van der Waals surface area contributed by atoms with Crippen molar-refractivity contribution < 1.29 is 9.15 Å². The van der Waals surface area contributed by atoms with E-state index in [4.69, 9.17) is 9.15 Å². The highest BCUT2D eigenvalue weighted by atomic mass is 32.1. The highest BCUT2D eigenvalue weighted by Crippen LogP contribution is 2.33. The van der Waals surface area contributed by atoms with Gasteiger partial charge in [0.15, 0.2) is 0 Å². The van der Waals surface area contributed by atoms with Crippen LogP contribution in [0.1, 0.15) is 29.9 Å². The van der Waals surface area contributed by atoms with Gasteiger partial charge >= 0.3 is 0 Å². The molecule has 0 aliphatic heterocycles. The molecule has 7 heteroatoms. The molecule has 0 amide bonds. The smallest absolute Gasteiger partial charge is 0.236 e. The van der Waals surface area contributed by atoms with Gasteiger partial charge in [0.25, 0.3) is 0 Å². The number of fused-ring (bicyclic) bond motifs is 1. The van der Waals surface area contributed by atoms with Gasteiger partial charge in [0.1, 0.15) is 36.5 Å². The molecule has 0 aliphatic carbocycles. The van der Waals surface area contributed by atoms with Crippen molar-refractivity contribution in [2.75, 3.05) is 0 Å². The molecule has 5 aromatic rings. The van der Waals surface area contributed by atoms with Crippen LogP contribution in [-0.4, -0.2) is 19.7 Å². The molecule has 162 valence electrons. The first-order valence-corrected chi connectivity index (χ1v) is 11.6. The third-order valence-corrected chi connectivity index (χ3v) is 6.50. The van der Waals surface area contributed by atoms with Crippen LogP contribution in [-0.2, 0) is 19.6 Å². The van der Waals surface area contributed by atoms with Crippen LogP contribution in [0.5, 0.6) is 5.75 Å². The zero-order valence-corrected chi connectivity index (χ0v) is 18.7. The van der Waals surface area contributed by atoms with Crippen LogP contribution in [0.2, 0.25) is 0 Å². The number of aromatic nitrogens is 4. The number of hydrogen-bond acceptors (Lipinski definition) is 6. The fourth-order valence-corrected chi connectivity index (χ4v) is 4.60. The van der Waals surface area contributed by atoms with E-state index in [1.165, 1.54) is 15.6 Å². The number of hydrogen-bond donors (Lipinski definition) is 0. The Bertz CT molecular complexity index is 1260. The number of thiophene rings is 1. The molecule has 0 spiro atoms. The predicted octanol–water partition coefficient (Wildman–Crippen LogP) is 6.06. The summed E-state index contributed by atoms with van der Waals surface area (Å²) in [4.78, 5) is 9.69. The lowest BCUT2D eigenvalue weighted by molar-refractivity contribution is 0.299. The normalized spacial score (nSPS) is 11.3. The number of benzene rings is 2. The molecule has 0 unspecified atom stereocenters. The van der Waals surface area contributed by atoms with Crippen molar-refractivity contribution in [1.82, 2.24) is 19.7 Å². The summed E-state index contributed by atoms with van der Waals surface area (Å²) in [5, 5.41) is 5.34. The van der Waals surface area contributed by atoms with Crippen molar-refractivity contribution in [3.05, 3.63) is 84.3 Å². The minimum absolute atomic E-state index is 0.386. The Balaban J connectivity index is 1.15. The highest BCUT2D eigenvalue weighted by molar-refractivity contribution is 7.22. The third kappa shape index (κ3) is 4.73. The molecule has 0 saturated heterocycles. The first-order valence-electron chi connectivity index (χ1n) is 10.7. The molecule has 0 N–H and O–H groups in total. The quantitative estimate of drug-likeness (QED) is 0.259. The minimum atomic E-state index is 0.386. The van der Waals surface area contributed by atoms with Gasteiger partial charge in [0, 0.05) is 11.2 Å². The Hall–Kier alpha value is -3.45. The standard InChI is InChI=1S/C25H24N4O2S/c1-18-22(28-25(31-18)24-14-20-7-2-3-8-23(20)32-24)15-30-21-11-9-19(10-12-21)6-4-5-13-29-17-26-16-27-29/h2-3,7-12,14,16-17H,4-6,13,15H2,1H3. The Morgan fingerprint density at radius 3 is 2.75 bits per heavy atom. The van der Waals surface area contributed by atoms with E-state index in [1.54, 1.807) is 24.0 Å². The van der Waals surface area contributed by atoms with E-state index < -0.39 is 0 Å². The summed E-state index contributed by atoms with van der Waals surface area (Å²) in [6.45, 7) is 3.23. The van der Waals surface area contributed by atoms with Gasteiger partial charge in [0.05, 0.1) is 4.88 Å². The van der Waals surface area contributed by atoms with Crippen molar-refractivity contribution >= 4 is 21.4 Å². The van der Waals surface area contributed by atoms with E-state index in [1.807, 2.05) is 35.9 Å². The van der Waals surface area contributed by atoms with E-state index in [2.05, 4.69) is 45.4 Å². The molecule has 5 rings (SSSR count). The number of nitrogens with zero attached hydrogens (tertiary/aromatic N) is 4. The van der Waals surface area contributed by atoms with Gasteiger partial charge in [0.2, 0.25) is 5.89 Å². The summed E-state index contributed by atoms with van der Waals surface area (Å²) in [5.74, 6) is 2.28. The SMILES string of the molecule is Cc1oc(-c2cc3ccccc3s2)nc1COc1ccc(CCCCn2cncn2)cc1. The summed E-state index contributed by atoms with van der Waals surface area (Å²) < 4.78 is 15.0. The van der Waals surface area contributed by atoms with Crippen LogP contribution in [0.4, 0.5) is 0 Å². The van der Waals surface area contributed by atoms with Gasteiger partial charge in [-0.05, 0) is 61.4 Å². The number of rotatable bonds is 9. The summed E-state index contributed by atoms with van der Waals surface area (Å²) in [7, 11) is 0. The second-order valence-corrected chi connectivity index (χ2v) is 8.80. The molecular formula is C25H24N4O2S. The molecule has 32 heavy (non-hydrogen) atoms. The van der Waals surface area contributed by atoms with Gasteiger partial charge in [-0.25, -0.2) is 9.97 Å². The van der Waals surface area contributed by atoms with Crippen molar-refractivity contribution in [1.29, 1.82) is 0 Å². The molecule has 0 bridgehead atoms. The van der Waals surface area contributed by atoms with E-state index >= 15 is 0 Å². The molecule has 2 aromatic carbocycles. The van der Waals surface area contributed by atoms with Gasteiger partial charge in [-0.1, -0.05) is 30.3 Å². The monoisotopic (exact) mass is 444 g/mol. The Morgan fingerprint density at radius 2 is 1.94 bits per heavy atom. The first kappa shape index (κ1) is 20.5. The van der Waals surface area contributed by atoms with Gasteiger partial charge in [-0.3, -0.25) is 4.68 Å². The van der Waals surface area contributed by atoms with Crippen LogP contribution in [0.3, 0.4) is 0 Å². The second-order valence-electron chi connectivity index (χ2n) is 7.72. The molecule has 6 nitrogen and oxygen atoms in total. The number of ether oxygens (including phenoxy) is 1. The summed E-state index contributed by atoms with van der Waals surface area (Å²) in [6, 6.07) is 18.7. The predicted molar refractivity (Wildman–Crippen MR) is 126 cm³/mol. The molecular weight excluding hydrogens is 420 g/mol. The van der Waals surface area contributed by atoms with Gasteiger partial charge in [-0.15, -0.1) is 11.3 Å². The topological polar surface area (TPSA) is 66.0 Å². The van der Waals surface area contributed by atoms with Crippen molar-refractivity contribution in [2.45, 2.75) is 39.3 Å².